The Kier molecular flexibility index (Phi) is 9.04. The van der Waals surface area contributed by atoms with Crippen molar-refractivity contribution in [3.63, 3.8) is 0 Å². The summed E-state index contributed by atoms with van der Waals surface area (Å²) in [6, 6.07) is 17.9. The molecule has 0 heterocycles. The van der Waals surface area contributed by atoms with Gasteiger partial charge in [-0.25, -0.2) is 12.8 Å². The van der Waals surface area contributed by atoms with Crippen molar-refractivity contribution in [3.05, 3.63) is 95.3 Å². The van der Waals surface area contributed by atoms with Crippen LogP contribution < -0.4 is 9.62 Å². The number of hydrogen-bond donors (Lipinski definition) is 1. The third-order valence-electron chi connectivity index (χ3n) is 6.24. The highest BCUT2D eigenvalue weighted by atomic mass is 32.2. The van der Waals surface area contributed by atoms with E-state index in [-0.39, 0.29) is 23.0 Å². The van der Waals surface area contributed by atoms with Gasteiger partial charge in [-0.1, -0.05) is 48.9 Å². The van der Waals surface area contributed by atoms with Crippen LogP contribution in [0.5, 0.6) is 0 Å². The van der Waals surface area contributed by atoms with Gasteiger partial charge in [0.2, 0.25) is 11.8 Å². The Hall–Kier alpha value is -3.72. The van der Waals surface area contributed by atoms with Crippen LogP contribution >= 0.6 is 0 Å². The van der Waals surface area contributed by atoms with Gasteiger partial charge in [0.15, 0.2) is 0 Å². The average molecular weight is 526 g/mol. The van der Waals surface area contributed by atoms with Crippen LogP contribution in [-0.4, -0.2) is 44.8 Å². The van der Waals surface area contributed by atoms with E-state index in [0.717, 1.165) is 33.1 Å². The predicted octanol–water partition coefficient (Wildman–Crippen LogP) is 4.19. The molecule has 2 amide bonds. The number of carbonyl (C=O) groups excluding carboxylic acids is 2. The summed E-state index contributed by atoms with van der Waals surface area (Å²) < 4.78 is 42.1. The van der Waals surface area contributed by atoms with Crippen molar-refractivity contribution in [3.8, 4) is 0 Å². The van der Waals surface area contributed by atoms with Gasteiger partial charge in [0, 0.05) is 13.6 Å². The lowest BCUT2D eigenvalue weighted by atomic mass is 10.1. The first-order valence-corrected chi connectivity index (χ1v) is 13.4. The van der Waals surface area contributed by atoms with Crippen LogP contribution in [0, 0.1) is 19.7 Å². The number of nitrogens with zero attached hydrogens (tertiary/aromatic N) is 2. The van der Waals surface area contributed by atoms with E-state index in [2.05, 4.69) is 5.32 Å². The lowest BCUT2D eigenvalue weighted by molar-refractivity contribution is -0.140. The number of aryl methyl sites for hydroxylation is 2. The molecule has 3 aromatic rings. The first kappa shape index (κ1) is 27.9. The summed E-state index contributed by atoms with van der Waals surface area (Å²) in [6.45, 7) is 5.09. The van der Waals surface area contributed by atoms with Crippen molar-refractivity contribution in [1.29, 1.82) is 0 Å². The monoisotopic (exact) mass is 525 g/mol. The molecule has 1 atom stereocenters. The van der Waals surface area contributed by atoms with Crippen LogP contribution in [0.15, 0.2) is 77.7 Å². The van der Waals surface area contributed by atoms with Gasteiger partial charge in [-0.3, -0.25) is 13.9 Å². The molecule has 0 saturated heterocycles. The third kappa shape index (κ3) is 6.54. The maximum absolute atomic E-state index is 13.8. The number of rotatable bonds is 10. The fourth-order valence-corrected chi connectivity index (χ4v) is 5.44. The van der Waals surface area contributed by atoms with Gasteiger partial charge >= 0.3 is 0 Å². The average Bonchev–Trinajstić information content (AvgIpc) is 2.88. The molecule has 1 unspecified atom stereocenters. The van der Waals surface area contributed by atoms with E-state index in [9.17, 15) is 22.4 Å². The number of nitrogens with one attached hydrogen (secondary N) is 1. The highest BCUT2D eigenvalue weighted by molar-refractivity contribution is 7.92. The van der Waals surface area contributed by atoms with Gasteiger partial charge in [-0.15, -0.1) is 0 Å². The van der Waals surface area contributed by atoms with Crippen molar-refractivity contribution in [1.82, 2.24) is 10.2 Å². The molecule has 3 aromatic carbocycles. The van der Waals surface area contributed by atoms with E-state index in [1.165, 1.54) is 36.2 Å². The lowest BCUT2D eigenvalue weighted by Crippen LogP contribution is -2.51. The predicted molar refractivity (Wildman–Crippen MR) is 142 cm³/mol. The Balaban J connectivity index is 2.06. The molecule has 0 aliphatic rings. The Bertz CT molecular complexity index is 1340. The molecule has 0 aliphatic carbocycles. The van der Waals surface area contributed by atoms with E-state index in [0.29, 0.717) is 6.42 Å². The van der Waals surface area contributed by atoms with Crippen molar-refractivity contribution in [2.24, 2.45) is 0 Å². The molecule has 0 saturated carbocycles. The van der Waals surface area contributed by atoms with Crippen LogP contribution in [0.25, 0.3) is 0 Å². The minimum atomic E-state index is -4.19. The molecule has 0 bridgehead atoms. The molecule has 196 valence electrons. The summed E-state index contributed by atoms with van der Waals surface area (Å²) in [4.78, 5) is 28.0. The SMILES string of the molecule is CCC(C(=O)NC)N(Cc1ccccc1C)C(=O)CN(c1ccc(F)cc1)S(=O)(=O)c1ccc(C)cc1. The number of likely N-dealkylation sites (N-methyl/N-ethyl adjacent to an activating group) is 1. The number of sulfonamides is 1. The summed E-state index contributed by atoms with van der Waals surface area (Å²) in [5.41, 5.74) is 2.80. The zero-order valence-corrected chi connectivity index (χ0v) is 22.3. The first-order valence-electron chi connectivity index (χ1n) is 12.0. The molecular weight excluding hydrogens is 493 g/mol. The molecule has 0 aromatic heterocycles. The van der Waals surface area contributed by atoms with Gasteiger partial charge in [0.05, 0.1) is 10.6 Å². The van der Waals surface area contributed by atoms with Crippen LogP contribution in [-0.2, 0) is 26.2 Å². The summed E-state index contributed by atoms with van der Waals surface area (Å²) in [6.07, 6.45) is 0.332. The van der Waals surface area contributed by atoms with Gasteiger partial charge in [0.1, 0.15) is 18.4 Å². The number of amides is 2. The topological polar surface area (TPSA) is 86.8 Å². The molecule has 0 aliphatic heterocycles. The van der Waals surface area contributed by atoms with E-state index in [1.54, 1.807) is 19.1 Å². The third-order valence-corrected chi connectivity index (χ3v) is 8.02. The van der Waals surface area contributed by atoms with Crippen molar-refractivity contribution >= 4 is 27.5 Å². The fourth-order valence-electron chi connectivity index (χ4n) is 4.03. The summed E-state index contributed by atoms with van der Waals surface area (Å²) >= 11 is 0. The first-order chi connectivity index (χ1) is 17.6. The Morgan fingerprint density at radius 3 is 2.14 bits per heavy atom. The normalized spacial score (nSPS) is 12.0. The summed E-state index contributed by atoms with van der Waals surface area (Å²) in [7, 11) is -2.69. The number of hydrogen-bond acceptors (Lipinski definition) is 4. The Morgan fingerprint density at radius 2 is 1.57 bits per heavy atom. The highest BCUT2D eigenvalue weighted by Crippen LogP contribution is 2.25. The van der Waals surface area contributed by atoms with E-state index in [4.69, 9.17) is 0 Å². The summed E-state index contributed by atoms with van der Waals surface area (Å²) in [5, 5.41) is 2.60. The fraction of sp³-hybridized carbons (Fsp3) is 0.286. The van der Waals surface area contributed by atoms with E-state index >= 15 is 0 Å². The minimum Gasteiger partial charge on any atom is -0.357 e. The summed E-state index contributed by atoms with van der Waals surface area (Å²) in [5.74, 6) is -1.44. The van der Waals surface area contributed by atoms with E-state index < -0.39 is 34.3 Å². The van der Waals surface area contributed by atoms with Crippen molar-refractivity contribution in [2.45, 2.75) is 44.7 Å². The Morgan fingerprint density at radius 1 is 0.946 bits per heavy atom. The molecule has 0 radical (unpaired) electrons. The smallest absolute Gasteiger partial charge is 0.264 e. The van der Waals surface area contributed by atoms with Crippen LogP contribution in [0.1, 0.15) is 30.0 Å². The van der Waals surface area contributed by atoms with Crippen LogP contribution in [0.3, 0.4) is 0 Å². The molecule has 0 fully saturated rings. The van der Waals surface area contributed by atoms with Crippen LogP contribution in [0.2, 0.25) is 0 Å². The molecule has 9 heteroatoms. The zero-order valence-electron chi connectivity index (χ0n) is 21.4. The van der Waals surface area contributed by atoms with Crippen molar-refractivity contribution < 1.29 is 22.4 Å². The number of anilines is 1. The minimum absolute atomic E-state index is 0.000906. The van der Waals surface area contributed by atoms with Crippen LogP contribution in [0.4, 0.5) is 10.1 Å². The number of benzene rings is 3. The second-order valence-electron chi connectivity index (χ2n) is 8.79. The Labute approximate surface area is 218 Å². The molecule has 37 heavy (non-hydrogen) atoms. The highest BCUT2D eigenvalue weighted by Gasteiger charge is 2.33. The van der Waals surface area contributed by atoms with E-state index in [1.807, 2.05) is 38.1 Å². The number of halogens is 1. The largest absolute Gasteiger partial charge is 0.357 e. The molecule has 0 spiro atoms. The zero-order chi connectivity index (χ0) is 27.2. The number of carbonyl (C=O) groups is 2. The lowest BCUT2D eigenvalue weighted by Gasteiger charge is -2.33. The van der Waals surface area contributed by atoms with Gasteiger partial charge in [-0.2, -0.15) is 0 Å². The molecular formula is C28H32FN3O4S. The second-order valence-corrected chi connectivity index (χ2v) is 10.6. The maximum Gasteiger partial charge on any atom is 0.264 e. The molecule has 7 nitrogen and oxygen atoms in total. The van der Waals surface area contributed by atoms with Gasteiger partial charge in [-0.05, 0) is 67.8 Å². The second kappa shape index (κ2) is 12.0. The van der Waals surface area contributed by atoms with Gasteiger partial charge < -0.3 is 10.2 Å². The maximum atomic E-state index is 13.8. The quantitative estimate of drug-likeness (QED) is 0.430. The molecule has 3 rings (SSSR count). The van der Waals surface area contributed by atoms with Crippen molar-refractivity contribution in [2.75, 3.05) is 17.9 Å². The molecule has 1 N–H and O–H groups in total. The standard InChI is InChI=1S/C28H32FN3O4S/c1-5-26(28(34)30-4)31(18-22-9-7-6-8-21(22)3)27(33)19-32(24-14-12-23(29)13-15-24)37(35,36)25-16-10-20(2)11-17-25/h6-17,26H,5,18-19H2,1-4H3,(H,30,34). The van der Waals surface area contributed by atoms with Gasteiger partial charge in [0.25, 0.3) is 10.0 Å².